The highest BCUT2D eigenvalue weighted by Crippen LogP contribution is 2.18. The molecule has 2 N–H and O–H groups in total. The maximum atomic E-state index is 12.4. The number of hydrogen-bond donors (Lipinski definition) is 2. The predicted octanol–water partition coefficient (Wildman–Crippen LogP) is 3.87. The van der Waals surface area contributed by atoms with Gasteiger partial charge in [-0.25, -0.2) is 0 Å². The molecule has 1 fully saturated rings. The molecule has 1 aromatic carbocycles. The van der Waals surface area contributed by atoms with Gasteiger partial charge in [0.25, 0.3) is 0 Å². The van der Waals surface area contributed by atoms with Crippen molar-refractivity contribution in [3.63, 3.8) is 0 Å². The van der Waals surface area contributed by atoms with E-state index in [1.54, 1.807) is 4.90 Å². The van der Waals surface area contributed by atoms with E-state index in [0.717, 1.165) is 28.3 Å². The molecule has 8 heteroatoms. The van der Waals surface area contributed by atoms with E-state index in [-0.39, 0.29) is 29.9 Å². The molecule has 0 radical (unpaired) electrons. The van der Waals surface area contributed by atoms with Crippen molar-refractivity contribution in [2.75, 3.05) is 31.6 Å². The Morgan fingerprint density at radius 1 is 1.41 bits per heavy atom. The maximum absolute atomic E-state index is 12.4. The number of carbonyl (C=O) groups excluding carboxylic acids is 1. The number of thioether (sulfide) groups is 1. The van der Waals surface area contributed by atoms with Crippen molar-refractivity contribution < 1.29 is 4.79 Å². The summed E-state index contributed by atoms with van der Waals surface area (Å²) in [6.45, 7) is 3.97. The number of benzene rings is 1. The van der Waals surface area contributed by atoms with Gasteiger partial charge in [0.05, 0.1) is 6.54 Å². The molecule has 0 saturated carbocycles. The zero-order chi connectivity index (χ0) is 18.8. The third-order valence-electron chi connectivity index (χ3n) is 4.23. The molecule has 0 bridgehead atoms. The van der Waals surface area contributed by atoms with Crippen LogP contribution in [0.2, 0.25) is 0 Å². The molecule has 1 saturated heterocycles. The summed E-state index contributed by atoms with van der Waals surface area (Å²) in [7, 11) is 1.84. The minimum absolute atomic E-state index is 0. The number of carbonyl (C=O) groups is 1. The Hall–Kier alpha value is -0.480. The lowest BCUT2D eigenvalue weighted by molar-refractivity contribution is -0.130. The van der Waals surface area contributed by atoms with Crippen LogP contribution in [-0.2, 0) is 11.3 Å². The summed E-state index contributed by atoms with van der Waals surface area (Å²) in [6.07, 6.45) is 2.85. The van der Waals surface area contributed by atoms with Crippen LogP contribution in [0, 0.1) is 0 Å². The summed E-state index contributed by atoms with van der Waals surface area (Å²) in [5, 5.41) is 6.77. The SMILES string of the molecule is CCNC(=NCCC(=O)N(C)Cc1ccccc1Br)NC1CCCSC1.I. The highest BCUT2D eigenvalue weighted by Gasteiger charge is 2.15. The highest BCUT2D eigenvalue weighted by atomic mass is 127. The second kappa shape index (κ2) is 13.7. The third-order valence-corrected chi connectivity index (χ3v) is 6.22. The summed E-state index contributed by atoms with van der Waals surface area (Å²) in [5.74, 6) is 3.30. The van der Waals surface area contributed by atoms with Gasteiger partial charge in [-0.15, -0.1) is 24.0 Å². The van der Waals surface area contributed by atoms with Gasteiger partial charge in [0, 0.05) is 42.8 Å². The molecule has 1 heterocycles. The molecular formula is C19H30BrIN4OS. The molecule has 0 spiro atoms. The lowest BCUT2D eigenvalue weighted by Crippen LogP contribution is -2.45. The fourth-order valence-electron chi connectivity index (χ4n) is 2.79. The first-order valence-electron chi connectivity index (χ1n) is 9.20. The van der Waals surface area contributed by atoms with E-state index in [4.69, 9.17) is 0 Å². The van der Waals surface area contributed by atoms with E-state index in [1.807, 2.05) is 43.1 Å². The summed E-state index contributed by atoms with van der Waals surface area (Å²) in [4.78, 5) is 18.7. The fourth-order valence-corrected chi connectivity index (χ4v) is 4.27. The van der Waals surface area contributed by atoms with E-state index >= 15 is 0 Å². The monoisotopic (exact) mass is 568 g/mol. The second-order valence-corrected chi connectivity index (χ2v) is 8.41. The molecule has 1 unspecified atom stereocenters. The summed E-state index contributed by atoms with van der Waals surface area (Å²) < 4.78 is 1.03. The molecule has 1 aliphatic heterocycles. The number of rotatable bonds is 7. The van der Waals surface area contributed by atoms with E-state index in [9.17, 15) is 4.79 Å². The fraction of sp³-hybridized carbons (Fsp3) is 0.579. The van der Waals surface area contributed by atoms with Gasteiger partial charge in [0.1, 0.15) is 0 Å². The van der Waals surface area contributed by atoms with Gasteiger partial charge in [-0.2, -0.15) is 11.8 Å². The molecule has 1 atom stereocenters. The van der Waals surface area contributed by atoms with Crippen LogP contribution < -0.4 is 10.6 Å². The lowest BCUT2D eigenvalue weighted by atomic mass is 10.2. The number of nitrogens with one attached hydrogen (secondary N) is 2. The van der Waals surface area contributed by atoms with Crippen LogP contribution in [0.1, 0.15) is 31.7 Å². The van der Waals surface area contributed by atoms with E-state index < -0.39 is 0 Å². The molecule has 152 valence electrons. The standard InChI is InChI=1S/C19H29BrN4OS.HI/c1-3-21-19(23-16-8-6-12-26-14-16)22-11-10-18(25)24(2)13-15-7-4-5-9-17(15)20;/h4-5,7,9,16H,3,6,8,10-14H2,1-2H3,(H2,21,22,23);1H. The molecule has 1 aliphatic rings. The summed E-state index contributed by atoms with van der Waals surface area (Å²) in [6, 6.07) is 8.46. The minimum Gasteiger partial charge on any atom is -0.357 e. The van der Waals surface area contributed by atoms with Crippen LogP contribution in [0.5, 0.6) is 0 Å². The summed E-state index contributed by atoms with van der Waals surface area (Å²) >= 11 is 5.52. The van der Waals surface area contributed by atoms with Crippen LogP contribution >= 0.6 is 51.7 Å². The zero-order valence-electron chi connectivity index (χ0n) is 16.0. The predicted molar refractivity (Wildman–Crippen MR) is 130 cm³/mol. The quantitative estimate of drug-likeness (QED) is 0.298. The molecular weight excluding hydrogens is 539 g/mol. The van der Waals surface area contributed by atoms with Gasteiger partial charge >= 0.3 is 0 Å². The minimum atomic E-state index is 0. The average Bonchev–Trinajstić information content (AvgIpc) is 2.64. The van der Waals surface area contributed by atoms with Crippen molar-refractivity contribution in [1.82, 2.24) is 15.5 Å². The van der Waals surface area contributed by atoms with Gasteiger partial charge in [0.15, 0.2) is 5.96 Å². The Morgan fingerprint density at radius 3 is 2.85 bits per heavy atom. The Kier molecular flexibility index (Phi) is 12.4. The molecule has 2 rings (SSSR count). The molecule has 5 nitrogen and oxygen atoms in total. The number of hydrogen-bond acceptors (Lipinski definition) is 3. The number of aliphatic imine (C=N–C) groups is 1. The zero-order valence-corrected chi connectivity index (χ0v) is 20.8. The summed E-state index contributed by atoms with van der Waals surface area (Å²) in [5.41, 5.74) is 1.11. The Morgan fingerprint density at radius 2 is 2.19 bits per heavy atom. The first-order valence-corrected chi connectivity index (χ1v) is 11.1. The second-order valence-electron chi connectivity index (χ2n) is 6.41. The topological polar surface area (TPSA) is 56.7 Å². The van der Waals surface area contributed by atoms with Crippen molar-refractivity contribution in [2.24, 2.45) is 4.99 Å². The van der Waals surface area contributed by atoms with Gasteiger partial charge in [-0.1, -0.05) is 34.1 Å². The van der Waals surface area contributed by atoms with Crippen molar-refractivity contribution in [2.45, 2.75) is 38.8 Å². The van der Waals surface area contributed by atoms with E-state index in [1.165, 1.54) is 18.6 Å². The Bertz CT molecular complexity index is 611. The lowest BCUT2D eigenvalue weighted by Gasteiger charge is -2.24. The average molecular weight is 569 g/mol. The number of halogens is 2. The van der Waals surface area contributed by atoms with Crippen LogP contribution in [-0.4, -0.2) is 54.5 Å². The van der Waals surface area contributed by atoms with E-state index in [2.05, 4.69) is 38.5 Å². The van der Waals surface area contributed by atoms with Crippen LogP contribution in [0.3, 0.4) is 0 Å². The van der Waals surface area contributed by atoms with Crippen LogP contribution in [0.15, 0.2) is 33.7 Å². The number of amides is 1. The Balaban J connectivity index is 0.00000364. The van der Waals surface area contributed by atoms with Gasteiger partial charge in [-0.3, -0.25) is 9.79 Å². The first-order chi connectivity index (χ1) is 12.6. The maximum Gasteiger partial charge on any atom is 0.224 e. The van der Waals surface area contributed by atoms with Gasteiger partial charge in [-0.05, 0) is 37.1 Å². The molecule has 1 amide bonds. The highest BCUT2D eigenvalue weighted by molar-refractivity contribution is 14.0. The van der Waals surface area contributed by atoms with Crippen LogP contribution in [0.25, 0.3) is 0 Å². The first kappa shape index (κ1) is 24.6. The van der Waals surface area contributed by atoms with Crippen molar-refractivity contribution in [3.05, 3.63) is 34.3 Å². The molecule has 0 aliphatic carbocycles. The largest absolute Gasteiger partial charge is 0.357 e. The van der Waals surface area contributed by atoms with Crippen molar-refractivity contribution >= 4 is 63.5 Å². The third kappa shape index (κ3) is 9.04. The van der Waals surface area contributed by atoms with Gasteiger partial charge < -0.3 is 15.5 Å². The smallest absolute Gasteiger partial charge is 0.224 e. The molecule has 0 aromatic heterocycles. The van der Waals surface area contributed by atoms with Crippen molar-refractivity contribution in [1.29, 1.82) is 0 Å². The molecule has 27 heavy (non-hydrogen) atoms. The van der Waals surface area contributed by atoms with Gasteiger partial charge in [0.2, 0.25) is 5.91 Å². The van der Waals surface area contributed by atoms with E-state index in [0.29, 0.717) is 25.6 Å². The number of nitrogens with zero attached hydrogens (tertiary/aromatic N) is 2. The number of guanidine groups is 1. The Labute approximate surface area is 192 Å². The molecule has 1 aromatic rings. The normalized spacial score (nSPS) is 17.0. The van der Waals surface area contributed by atoms with Crippen molar-refractivity contribution in [3.8, 4) is 0 Å². The van der Waals surface area contributed by atoms with Crippen LogP contribution in [0.4, 0.5) is 0 Å².